The Morgan fingerprint density at radius 1 is 1.29 bits per heavy atom. The van der Waals surface area contributed by atoms with Gasteiger partial charge in [0.2, 0.25) is 0 Å². The van der Waals surface area contributed by atoms with E-state index in [1.54, 1.807) is 7.11 Å². The van der Waals surface area contributed by atoms with Crippen molar-refractivity contribution < 1.29 is 9.84 Å². The molecular weight excluding hydrogens is 216 g/mol. The second kappa shape index (κ2) is 8.86. The number of methoxy groups -OCH3 is 1. The number of ether oxygens (including phenoxy) is 1. The topological polar surface area (TPSA) is 58.7 Å². The fraction of sp³-hybridized carbons (Fsp3) is 1.00. The minimum atomic E-state index is -0.475. The predicted molar refractivity (Wildman–Crippen MR) is 72.1 cm³/mol. The number of hydrogen-bond donors (Lipinski definition) is 2. The van der Waals surface area contributed by atoms with Crippen molar-refractivity contribution in [3.63, 3.8) is 0 Å². The molecular formula is C13H30N2O2. The predicted octanol–water partition coefficient (Wildman–Crippen LogP) is 1.22. The van der Waals surface area contributed by atoms with Gasteiger partial charge in [0, 0.05) is 31.8 Å². The van der Waals surface area contributed by atoms with Gasteiger partial charge in [-0.15, -0.1) is 0 Å². The van der Waals surface area contributed by atoms with E-state index >= 15 is 0 Å². The molecule has 0 bridgehead atoms. The molecule has 1 atom stereocenters. The Bertz CT molecular complexity index is 182. The number of rotatable bonds is 10. The summed E-state index contributed by atoms with van der Waals surface area (Å²) in [7, 11) is 1.73. The quantitative estimate of drug-likeness (QED) is 0.608. The Morgan fingerprint density at radius 2 is 1.88 bits per heavy atom. The normalized spacial score (nSPS) is 15.5. The van der Waals surface area contributed by atoms with Gasteiger partial charge in [-0.25, -0.2) is 0 Å². The maximum atomic E-state index is 9.17. The Hall–Kier alpha value is -0.160. The molecule has 0 fully saturated rings. The molecule has 0 saturated heterocycles. The highest BCUT2D eigenvalue weighted by molar-refractivity contribution is 4.80. The van der Waals surface area contributed by atoms with Crippen LogP contribution < -0.4 is 5.73 Å². The van der Waals surface area contributed by atoms with Gasteiger partial charge in [-0.05, 0) is 26.2 Å². The zero-order valence-corrected chi connectivity index (χ0v) is 11.9. The molecule has 4 heteroatoms. The molecule has 17 heavy (non-hydrogen) atoms. The van der Waals surface area contributed by atoms with Crippen LogP contribution in [0.15, 0.2) is 0 Å². The summed E-state index contributed by atoms with van der Waals surface area (Å²) >= 11 is 0. The van der Waals surface area contributed by atoms with E-state index in [1.807, 2.05) is 6.92 Å². The van der Waals surface area contributed by atoms with Crippen LogP contribution in [0.4, 0.5) is 0 Å². The van der Waals surface area contributed by atoms with Crippen LogP contribution in [0, 0.1) is 0 Å². The third kappa shape index (κ3) is 6.99. The van der Waals surface area contributed by atoms with Crippen LogP contribution in [0.1, 0.15) is 40.0 Å². The SMILES string of the molecule is CCC(CC)N(CCOC)CCC(C)(N)CO. The van der Waals surface area contributed by atoms with Crippen LogP contribution in [-0.4, -0.2) is 55.0 Å². The molecule has 0 rings (SSSR count). The van der Waals surface area contributed by atoms with Crippen molar-refractivity contribution in [1.82, 2.24) is 4.90 Å². The fourth-order valence-electron chi connectivity index (χ4n) is 1.97. The molecule has 104 valence electrons. The molecule has 0 heterocycles. The largest absolute Gasteiger partial charge is 0.394 e. The monoisotopic (exact) mass is 246 g/mol. The summed E-state index contributed by atoms with van der Waals surface area (Å²) in [5.41, 5.74) is 5.49. The van der Waals surface area contributed by atoms with E-state index in [1.165, 1.54) is 0 Å². The second-order valence-electron chi connectivity index (χ2n) is 5.06. The summed E-state index contributed by atoms with van der Waals surface area (Å²) in [6.45, 7) is 8.95. The lowest BCUT2D eigenvalue weighted by atomic mass is 9.99. The van der Waals surface area contributed by atoms with E-state index in [0.29, 0.717) is 6.04 Å². The van der Waals surface area contributed by atoms with Crippen molar-refractivity contribution in [3.05, 3.63) is 0 Å². The number of aliphatic hydroxyl groups is 1. The van der Waals surface area contributed by atoms with Crippen LogP contribution in [-0.2, 0) is 4.74 Å². The summed E-state index contributed by atoms with van der Waals surface area (Å²) in [5.74, 6) is 0. The van der Waals surface area contributed by atoms with E-state index in [0.717, 1.165) is 39.0 Å². The lowest BCUT2D eigenvalue weighted by Crippen LogP contribution is -2.46. The number of aliphatic hydroxyl groups excluding tert-OH is 1. The average molecular weight is 246 g/mol. The fourth-order valence-corrected chi connectivity index (χ4v) is 1.97. The molecule has 0 amide bonds. The van der Waals surface area contributed by atoms with Gasteiger partial charge in [-0.3, -0.25) is 4.90 Å². The molecule has 4 nitrogen and oxygen atoms in total. The molecule has 0 aliphatic rings. The smallest absolute Gasteiger partial charge is 0.0608 e. The van der Waals surface area contributed by atoms with Crippen LogP contribution in [0.25, 0.3) is 0 Å². The van der Waals surface area contributed by atoms with Gasteiger partial charge in [0.05, 0.1) is 13.2 Å². The Labute approximate surface area is 106 Å². The molecule has 0 spiro atoms. The van der Waals surface area contributed by atoms with Crippen LogP contribution >= 0.6 is 0 Å². The molecule has 0 aromatic rings. The summed E-state index contributed by atoms with van der Waals surface area (Å²) in [6.07, 6.45) is 3.09. The third-order valence-corrected chi connectivity index (χ3v) is 3.37. The number of nitrogens with zero attached hydrogens (tertiary/aromatic N) is 1. The van der Waals surface area contributed by atoms with Gasteiger partial charge in [0.1, 0.15) is 0 Å². The van der Waals surface area contributed by atoms with Gasteiger partial charge in [0.15, 0.2) is 0 Å². The van der Waals surface area contributed by atoms with Crippen molar-refractivity contribution in [3.8, 4) is 0 Å². The van der Waals surface area contributed by atoms with Crippen molar-refractivity contribution in [2.75, 3.05) is 33.4 Å². The van der Waals surface area contributed by atoms with Gasteiger partial charge < -0.3 is 15.6 Å². The number of hydrogen-bond acceptors (Lipinski definition) is 4. The summed E-state index contributed by atoms with van der Waals surface area (Å²) in [4.78, 5) is 2.42. The Balaban J connectivity index is 4.27. The molecule has 0 radical (unpaired) electrons. The van der Waals surface area contributed by atoms with E-state index in [-0.39, 0.29) is 6.61 Å². The first kappa shape index (κ1) is 16.8. The number of nitrogens with two attached hydrogens (primary N) is 1. The lowest BCUT2D eigenvalue weighted by Gasteiger charge is -2.33. The molecule has 0 aliphatic carbocycles. The van der Waals surface area contributed by atoms with E-state index in [2.05, 4.69) is 18.7 Å². The highest BCUT2D eigenvalue weighted by atomic mass is 16.5. The minimum absolute atomic E-state index is 0.0357. The summed E-state index contributed by atoms with van der Waals surface area (Å²) in [5, 5.41) is 9.17. The zero-order valence-electron chi connectivity index (χ0n) is 11.9. The average Bonchev–Trinajstić information content (AvgIpc) is 2.33. The van der Waals surface area contributed by atoms with Gasteiger partial charge >= 0.3 is 0 Å². The second-order valence-corrected chi connectivity index (χ2v) is 5.06. The van der Waals surface area contributed by atoms with Crippen LogP contribution in [0.3, 0.4) is 0 Å². The molecule has 0 aromatic heterocycles. The highest BCUT2D eigenvalue weighted by Gasteiger charge is 2.21. The molecule has 0 aliphatic heterocycles. The molecule has 0 aromatic carbocycles. The first-order valence-electron chi connectivity index (χ1n) is 6.63. The van der Waals surface area contributed by atoms with E-state index in [9.17, 15) is 0 Å². The zero-order chi connectivity index (χ0) is 13.3. The first-order chi connectivity index (χ1) is 8.00. The Morgan fingerprint density at radius 3 is 2.29 bits per heavy atom. The Kier molecular flexibility index (Phi) is 8.78. The standard InChI is InChI=1S/C13H30N2O2/c1-5-12(6-2)15(9-10-17-4)8-7-13(3,14)11-16/h12,16H,5-11,14H2,1-4H3. The summed E-state index contributed by atoms with van der Waals surface area (Å²) in [6, 6.07) is 0.583. The van der Waals surface area contributed by atoms with E-state index in [4.69, 9.17) is 15.6 Å². The highest BCUT2D eigenvalue weighted by Crippen LogP contribution is 2.12. The van der Waals surface area contributed by atoms with Gasteiger partial charge in [-0.1, -0.05) is 13.8 Å². The van der Waals surface area contributed by atoms with Gasteiger partial charge in [-0.2, -0.15) is 0 Å². The van der Waals surface area contributed by atoms with Crippen LogP contribution in [0.2, 0.25) is 0 Å². The third-order valence-electron chi connectivity index (χ3n) is 3.37. The van der Waals surface area contributed by atoms with Crippen molar-refractivity contribution in [2.45, 2.75) is 51.6 Å². The maximum Gasteiger partial charge on any atom is 0.0608 e. The minimum Gasteiger partial charge on any atom is -0.394 e. The summed E-state index contributed by atoms with van der Waals surface area (Å²) < 4.78 is 5.15. The van der Waals surface area contributed by atoms with Crippen molar-refractivity contribution in [2.24, 2.45) is 5.73 Å². The van der Waals surface area contributed by atoms with Crippen LogP contribution in [0.5, 0.6) is 0 Å². The maximum absolute atomic E-state index is 9.17. The van der Waals surface area contributed by atoms with Crippen molar-refractivity contribution >= 4 is 0 Å². The van der Waals surface area contributed by atoms with Gasteiger partial charge in [0.25, 0.3) is 0 Å². The first-order valence-corrected chi connectivity index (χ1v) is 6.63. The lowest BCUT2D eigenvalue weighted by molar-refractivity contribution is 0.101. The van der Waals surface area contributed by atoms with E-state index < -0.39 is 5.54 Å². The molecule has 1 unspecified atom stereocenters. The molecule has 3 N–H and O–H groups in total. The molecule has 0 saturated carbocycles. The van der Waals surface area contributed by atoms with Crippen molar-refractivity contribution in [1.29, 1.82) is 0 Å².